The minimum atomic E-state index is -0.241. The minimum Gasteiger partial charge on any atom is -0.497 e. The number of allylic oxidation sites excluding steroid dienone is 1. The van der Waals surface area contributed by atoms with Crippen LogP contribution in [0.1, 0.15) is 44.2 Å². The second-order valence-corrected chi connectivity index (χ2v) is 6.07. The van der Waals surface area contributed by atoms with Gasteiger partial charge in [-0.2, -0.15) is 0 Å². The summed E-state index contributed by atoms with van der Waals surface area (Å²) in [7, 11) is 1.72. The van der Waals surface area contributed by atoms with Crippen molar-refractivity contribution in [3.8, 4) is 5.75 Å². The Kier molecular flexibility index (Phi) is 2.94. The third-order valence-electron chi connectivity index (χ3n) is 5.12. The molecule has 2 aliphatic rings. The number of aryl methyl sites for hydroxylation is 1. The first-order chi connectivity index (χ1) is 9.06. The van der Waals surface area contributed by atoms with Crippen molar-refractivity contribution in [1.82, 2.24) is 0 Å². The molecule has 0 spiro atoms. The molecule has 0 unspecified atom stereocenters. The number of fused-ring (bicyclic) bond motifs is 3. The highest BCUT2D eigenvalue weighted by Gasteiger charge is 2.41. The highest BCUT2D eigenvalue weighted by Crippen LogP contribution is 2.49. The summed E-state index contributed by atoms with van der Waals surface area (Å²) < 4.78 is 5.39. The number of ether oxygens (including phenoxy) is 1. The molecular formula is C17H22O2. The van der Waals surface area contributed by atoms with Gasteiger partial charge < -0.3 is 9.84 Å². The van der Waals surface area contributed by atoms with Crippen molar-refractivity contribution in [1.29, 1.82) is 0 Å². The molecule has 1 aromatic rings. The Bertz CT molecular complexity index is 544. The smallest absolute Gasteiger partial charge is 0.119 e. The van der Waals surface area contributed by atoms with E-state index in [1.165, 1.54) is 22.3 Å². The van der Waals surface area contributed by atoms with Gasteiger partial charge in [0, 0.05) is 5.41 Å². The Morgan fingerprint density at radius 2 is 2.11 bits per heavy atom. The van der Waals surface area contributed by atoms with Crippen LogP contribution < -0.4 is 4.74 Å². The first-order valence-electron chi connectivity index (χ1n) is 7.12. The Hall–Kier alpha value is -1.28. The molecule has 0 aliphatic heterocycles. The van der Waals surface area contributed by atoms with Crippen LogP contribution in [0.25, 0.3) is 0 Å². The molecular weight excluding hydrogens is 236 g/mol. The van der Waals surface area contributed by atoms with Gasteiger partial charge in [0.2, 0.25) is 0 Å². The molecule has 0 bridgehead atoms. The van der Waals surface area contributed by atoms with E-state index in [0.29, 0.717) is 0 Å². The largest absolute Gasteiger partial charge is 0.497 e. The number of rotatable bonds is 1. The quantitative estimate of drug-likeness (QED) is 0.783. The van der Waals surface area contributed by atoms with Crippen molar-refractivity contribution in [2.24, 2.45) is 0 Å². The van der Waals surface area contributed by atoms with E-state index in [2.05, 4.69) is 32.0 Å². The zero-order valence-electron chi connectivity index (χ0n) is 12.0. The third-order valence-corrected chi connectivity index (χ3v) is 5.12. The predicted molar refractivity (Wildman–Crippen MR) is 76.6 cm³/mol. The van der Waals surface area contributed by atoms with Crippen molar-refractivity contribution < 1.29 is 9.84 Å². The highest BCUT2D eigenvalue weighted by atomic mass is 16.5. The molecule has 0 saturated heterocycles. The maximum absolute atomic E-state index is 10.1. The molecule has 0 saturated carbocycles. The van der Waals surface area contributed by atoms with Gasteiger partial charge in [0.15, 0.2) is 0 Å². The molecule has 2 heteroatoms. The predicted octanol–water partition coefficient (Wildman–Crippen LogP) is 3.37. The van der Waals surface area contributed by atoms with Crippen LogP contribution in [-0.4, -0.2) is 18.3 Å². The van der Waals surface area contributed by atoms with Gasteiger partial charge in [-0.05, 0) is 61.4 Å². The molecule has 2 nitrogen and oxygen atoms in total. The molecule has 19 heavy (non-hydrogen) atoms. The summed E-state index contributed by atoms with van der Waals surface area (Å²) in [6.45, 7) is 4.43. The Balaban J connectivity index is 2.17. The molecule has 1 N–H and O–H groups in total. The zero-order chi connectivity index (χ0) is 13.6. The van der Waals surface area contributed by atoms with Crippen molar-refractivity contribution in [3.05, 3.63) is 40.5 Å². The van der Waals surface area contributed by atoms with Gasteiger partial charge in [-0.15, -0.1) is 0 Å². The van der Waals surface area contributed by atoms with Crippen molar-refractivity contribution in [2.75, 3.05) is 7.11 Å². The Morgan fingerprint density at radius 3 is 2.84 bits per heavy atom. The summed E-state index contributed by atoms with van der Waals surface area (Å²) in [6.07, 6.45) is 3.81. The fraction of sp³-hybridized carbons (Fsp3) is 0.529. The molecule has 2 aliphatic carbocycles. The second-order valence-electron chi connectivity index (χ2n) is 6.07. The van der Waals surface area contributed by atoms with Crippen LogP contribution in [0, 0.1) is 0 Å². The fourth-order valence-corrected chi connectivity index (χ4v) is 3.87. The Labute approximate surface area is 115 Å². The van der Waals surface area contributed by atoms with Crippen LogP contribution in [0.5, 0.6) is 5.75 Å². The van der Waals surface area contributed by atoms with Crippen molar-refractivity contribution >= 4 is 0 Å². The molecule has 1 aromatic carbocycles. The van der Waals surface area contributed by atoms with Crippen molar-refractivity contribution in [3.63, 3.8) is 0 Å². The summed E-state index contributed by atoms with van der Waals surface area (Å²) in [5.74, 6) is 0.935. The summed E-state index contributed by atoms with van der Waals surface area (Å²) in [6, 6.07) is 6.46. The van der Waals surface area contributed by atoms with E-state index in [-0.39, 0.29) is 11.5 Å². The summed E-state index contributed by atoms with van der Waals surface area (Å²) >= 11 is 0. The maximum atomic E-state index is 10.1. The normalized spacial score (nSPS) is 29.8. The third kappa shape index (κ3) is 1.81. The van der Waals surface area contributed by atoms with Crippen molar-refractivity contribution in [2.45, 2.75) is 51.0 Å². The molecule has 0 radical (unpaired) electrons. The molecule has 102 valence electrons. The molecule has 0 aromatic heterocycles. The SMILES string of the molecule is COc1ccc2c(c1)[C@@]1(C)CC[C@H](O)C(C)=C1CC2. The lowest BCUT2D eigenvalue weighted by Gasteiger charge is -2.44. The van der Waals surface area contributed by atoms with E-state index in [9.17, 15) is 5.11 Å². The zero-order valence-corrected chi connectivity index (χ0v) is 12.0. The van der Waals surface area contributed by atoms with Gasteiger partial charge in [-0.3, -0.25) is 0 Å². The lowest BCUT2D eigenvalue weighted by molar-refractivity contribution is 0.170. The summed E-state index contributed by atoms with van der Waals surface area (Å²) in [4.78, 5) is 0. The standard InChI is InChI=1S/C17H22O2/c1-11-14-7-5-12-4-6-13(19-3)10-15(12)17(14,2)9-8-16(11)18/h4,6,10,16,18H,5,7-9H2,1-3H3/t16-,17-/m0/s1. The number of methoxy groups -OCH3 is 1. The number of benzene rings is 1. The minimum absolute atomic E-state index is 0.0887. The number of hydrogen-bond acceptors (Lipinski definition) is 2. The van der Waals surface area contributed by atoms with Crippen LogP contribution in [0.4, 0.5) is 0 Å². The maximum Gasteiger partial charge on any atom is 0.119 e. The van der Waals surface area contributed by atoms with Gasteiger partial charge in [0.05, 0.1) is 13.2 Å². The van der Waals surface area contributed by atoms with Gasteiger partial charge in [0.25, 0.3) is 0 Å². The van der Waals surface area contributed by atoms with Gasteiger partial charge in [-0.25, -0.2) is 0 Å². The van der Waals surface area contributed by atoms with Gasteiger partial charge >= 0.3 is 0 Å². The number of aliphatic hydroxyl groups is 1. The lowest BCUT2D eigenvalue weighted by Crippen LogP contribution is -2.37. The average Bonchev–Trinajstić information content (AvgIpc) is 2.43. The topological polar surface area (TPSA) is 29.5 Å². The fourth-order valence-electron chi connectivity index (χ4n) is 3.87. The van der Waals surface area contributed by atoms with E-state index in [0.717, 1.165) is 31.4 Å². The Morgan fingerprint density at radius 1 is 1.32 bits per heavy atom. The van der Waals surface area contributed by atoms with E-state index >= 15 is 0 Å². The molecule has 0 amide bonds. The second kappa shape index (κ2) is 4.38. The summed E-state index contributed by atoms with van der Waals surface area (Å²) in [5, 5.41) is 10.1. The van der Waals surface area contributed by atoms with E-state index in [1.807, 2.05) is 0 Å². The number of aliphatic hydroxyl groups excluding tert-OH is 1. The van der Waals surface area contributed by atoms with Crippen LogP contribution in [0.3, 0.4) is 0 Å². The molecule has 2 atom stereocenters. The van der Waals surface area contributed by atoms with E-state index in [1.54, 1.807) is 7.11 Å². The molecule has 3 rings (SSSR count). The lowest BCUT2D eigenvalue weighted by atomic mass is 9.61. The first-order valence-corrected chi connectivity index (χ1v) is 7.12. The van der Waals surface area contributed by atoms with Crippen LogP contribution >= 0.6 is 0 Å². The number of hydrogen-bond donors (Lipinski definition) is 1. The van der Waals surface area contributed by atoms with E-state index in [4.69, 9.17) is 4.74 Å². The first kappa shape index (κ1) is 12.7. The van der Waals surface area contributed by atoms with Crippen LogP contribution in [0.15, 0.2) is 29.3 Å². The monoisotopic (exact) mass is 258 g/mol. The van der Waals surface area contributed by atoms with Crippen LogP contribution in [-0.2, 0) is 11.8 Å². The average molecular weight is 258 g/mol. The molecule has 0 heterocycles. The molecule has 0 fully saturated rings. The van der Waals surface area contributed by atoms with Crippen LogP contribution in [0.2, 0.25) is 0 Å². The summed E-state index contributed by atoms with van der Waals surface area (Å²) in [5.41, 5.74) is 5.58. The van der Waals surface area contributed by atoms with E-state index < -0.39 is 0 Å². The van der Waals surface area contributed by atoms with Gasteiger partial charge in [-0.1, -0.05) is 18.6 Å². The van der Waals surface area contributed by atoms with Gasteiger partial charge in [0.1, 0.15) is 5.75 Å². The highest BCUT2D eigenvalue weighted by molar-refractivity contribution is 5.51.